The van der Waals surface area contributed by atoms with E-state index in [4.69, 9.17) is 15.1 Å². The summed E-state index contributed by atoms with van der Waals surface area (Å²) in [5, 5.41) is 17.7. The molecule has 1 aliphatic carbocycles. The van der Waals surface area contributed by atoms with Gasteiger partial charge in [-0.25, -0.2) is 0 Å². The lowest BCUT2D eigenvalue weighted by Crippen LogP contribution is -2.32. The number of hydrogen-bond acceptors (Lipinski definition) is 5. The van der Waals surface area contributed by atoms with Crippen LogP contribution in [0, 0.1) is 17.2 Å². The standard InChI is InChI=1S/C21H26N2O5/c1-28-21(27)14-15-2-4-16(5-3-15)17-6-8-18(9-7-17)23(13-11-20(25)26)19(24)10-12-22/h6-9,15-16H,2-5,10-11,13-14H2,1H3,(H,25,26). The Morgan fingerprint density at radius 3 is 2.36 bits per heavy atom. The third-order valence-corrected chi connectivity index (χ3v) is 5.29. The summed E-state index contributed by atoms with van der Waals surface area (Å²) in [5.74, 6) is -0.769. The molecule has 7 heteroatoms. The molecule has 0 heterocycles. The number of hydrogen-bond donors (Lipinski definition) is 1. The lowest BCUT2D eigenvalue weighted by Gasteiger charge is -2.28. The van der Waals surface area contributed by atoms with E-state index < -0.39 is 11.9 Å². The van der Waals surface area contributed by atoms with Crippen molar-refractivity contribution in [1.29, 1.82) is 5.26 Å². The number of benzene rings is 1. The SMILES string of the molecule is COC(=O)CC1CCC(c2ccc(N(CCC(=O)O)C(=O)CC#N)cc2)CC1. The highest BCUT2D eigenvalue weighted by Gasteiger charge is 2.25. The maximum atomic E-state index is 12.2. The minimum atomic E-state index is -0.991. The zero-order valence-electron chi connectivity index (χ0n) is 16.1. The number of ether oxygens (including phenoxy) is 1. The summed E-state index contributed by atoms with van der Waals surface area (Å²) in [4.78, 5) is 35.8. The molecule has 1 aromatic carbocycles. The number of esters is 1. The summed E-state index contributed by atoms with van der Waals surface area (Å²) < 4.78 is 4.74. The Hall–Kier alpha value is -2.88. The second-order valence-electron chi connectivity index (χ2n) is 7.11. The van der Waals surface area contributed by atoms with Crippen LogP contribution in [0.25, 0.3) is 0 Å². The second-order valence-corrected chi connectivity index (χ2v) is 7.11. The number of carboxylic acids is 1. The van der Waals surface area contributed by atoms with Crippen molar-refractivity contribution in [2.45, 2.75) is 50.9 Å². The molecule has 1 aromatic rings. The van der Waals surface area contributed by atoms with E-state index in [0.717, 1.165) is 25.7 Å². The Labute approximate surface area is 164 Å². The van der Waals surface area contributed by atoms with E-state index in [-0.39, 0.29) is 25.4 Å². The van der Waals surface area contributed by atoms with E-state index in [1.54, 1.807) is 0 Å². The maximum absolute atomic E-state index is 12.2. The largest absolute Gasteiger partial charge is 0.481 e. The van der Waals surface area contributed by atoms with E-state index in [2.05, 4.69) is 0 Å². The Morgan fingerprint density at radius 1 is 1.18 bits per heavy atom. The van der Waals surface area contributed by atoms with Gasteiger partial charge in [0.25, 0.3) is 0 Å². The summed E-state index contributed by atoms with van der Waals surface area (Å²) in [6.45, 7) is 0.0355. The number of carboxylic acid groups (broad SMARTS) is 1. The van der Waals surface area contributed by atoms with Crippen LogP contribution in [0.15, 0.2) is 24.3 Å². The normalized spacial score (nSPS) is 18.7. The summed E-state index contributed by atoms with van der Waals surface area (Å²) in [6.07, 6.45) is 3.96. The number of amides is 1. The van der Waals surface area contributed by atoms with Crippen molar-refractivity contribution in [2.24, 2.45) is 5.92 Å². The molecule has 7 nitrogen and oxygen atoms in total. The average Bonchev–Trinajstić information content (AvgIpc) is 2.69. The molecule has 0 spiro atoms. The van der Waals surface area contributed by atoms with Crippen molar-refractivity contribution in [3.8, 4) is 6.07 Å². The smallest absolute Gasteiger partial charge is 0.305 e. The number of anilines is 1. The first-order valence-electron chi connectivity index (χ1n) is 9.50. The van der Waals surface area contributed by atoms with Gasteiger partial charge in [-0.15, -0.1) is 0 Å². The molecule has 28 heavy (non-hydrogen) atoms. The van der Waals surface area contributed by atoms with Crippen LogP contribution in [-0.4, -0.2) is 36.6 Å². The third kappa shape index (κ3) is 6.08. The van der Waals surface area contributed by atoms with Crippen molar-refractivity contribution < 1.29 is 24.2 Å². The molecule has 0 aromatic heterocycles. The highest BCUT2D eigenvalue weighted by molar-refractivity contribution is 5.95. The van der Waals surface area contributed by atoms with Crippen LogP contribution in [0.5, 0.6) is 0 Å². The summed E-state index contributed by atoms with van der Waals surface area (Å²) in [5.41, 5.74) is 1.77. The number of nitriles is 1. The Kier molecular flexibility index (Phi) is 8.00. The summed E-state index contributed by atoms with van der Waals surface area (Å²) in [6, 6.07) is 9.38. The maximum Gasteiger partial charge on any atom is 0.305 e. The van der Waals surface area contributed by atoms with Gasteiger partial charge in [0.05, 0.1) is 19.6 Å². The van der Waals surface area contributed by atoms with Crippen LogP contribution in [0.3, 0.4) is 0 Å². The fourth-order valence-corrected chi connectivity index (χ4v) is 3.71. The number of rotatable bonds is 8. The van der Waals surface area contributed by atoms with Crippen molar-refractivity contribution >= 4 is 23.5 Å². The molecule has 0 aliphatic heterocycles. The van der Waals surface area contributed by atoms with Crippen molar-refractivity contribution in [1.82, 2.24) is 0 Å². The highest BCUT2D eigenvalue weighted by atomic mass is 16.5. The summed E-state index contributed by atoms with van der Waals surface area (Å²) >= 11 is 0. The Morgan fingerprint density at radius 2 is 1.82 bits per heavy atom. The number of nitrogens with zero attached hydrogens (tertiary/aromatic N) is 2. The molecule has 0 unspecified atom stereocenters. The molecule has 1 amide bonds. The quantitative estimate of drug-likeness (QED) is 0.687. The van der Waals surface area contributed by atoms with Crippen molar-refractivity contribution in [3.63, 3.8) is 0 Å². The molecular formula is C21H26N2O5. The van der Waals surface area contributed by atoms with Gasteiger partial charge in [-0.05, 0) is 55.2 Å². The first kappa shape index (κ1) is 21.4. The number of aliphatic carboxylic acids is 1. The van der Waals surface area contributed by atoms with Gasteiger partial charge >= 0.3 is 11.9 Å². The minimum Gasteiger partial charge on any atom is -0.481 e. The fourth-order valence-electron chi connectivity index (χ4n) is 3.71. The molecule has 1 saturated carbocycles. The van der Waals surface area contributed by atoms with Crippen LogP contribution in [-0.2, 0) is 19.1 Å². The predicted octanol–water partition coefficient (Wildman–Crippen LogP) is 3.24. The minimum absolute atomic E-state index is 0.0355. The van der Waals surface area contributed by atoms with Crippen molar-refractivity contribution in [2.75, 3.05) is 18.6 Å². The molecule has 150 valence electrons. The first-order valence-corrected chi connectivity index (χ1v) is 9.50. The molecule has 1 aliphatic rings. The molecular weight excluding hydrogens is 360 g/mol. The summed E-state index contributed by atoms with van der Waals surface area (Å²) in [7, 11) is 1.41. The predicted molar refractivity (Wildman–Crippen MR) is 103 cm³/mol. The van der Waals surface area contributed by atoms with E-state index in [9.17, 15) is 14.4 Å². The number of methoxy groups -OCH3 is 1. The van der Waals surface area contributed by atoms with Gasteiger partial charge in [-0.3, -0.25) is 14.4 Å². The van der Waals surface area contributed by atoms with Crippen LogP contribution < -0.4 is 4.90 Å². The zero-order valence-corrected chi connectivity index (χ0v) is 16.1. The molecule has 0 radical (unpaired) electrons. The average molecular weight is 386 g/mol. The lowest BCUT2D eigenvalue weighted by atomic mass is 9.77. The van der Waals surface area contributed by atoms with Crippen LogP contribution in [0.1, 0.15) is 56.4 Å². The number of carbonyl (C=O) groups is 3. The van der Waals surface area contributed by atoms with Gasteiger partial charge in [0, 0.05) is 18.7 Å². The monoisotopic (exact) mass is 386 g/mol. The second kappa shape index (κ2) is 10.5. The first-order chi connectivity index (χ1) is 13.4. The Balaban J connectivity index is 2.01. The molecule has 1 fully saturated rings. The van der Waals surface area contributed by atoms with Crippen LogP contribution in [0.4, 0.5) is 5.69 Å². The fraction of sp³-hybridized carbons (Fsp3) is 0.524. The van der Waals surface area contributed by atoms with Crippen LogP contribution >= 0.6 is 0 Å². The molecule has 0 bridgehead atoms. The van der Waals surface area contributed by atoms with E-state index in [1.165, 1.54) is 17.6 Å². The highest BCUT2D eigenvalue weighted by Crippen LogP contribution is 2.37. The van der Waals surface area contributed by atoms with Gasteiger partial charge < -0.3 is 14.7 Å². The van der Waals surface area contributed by atoms with E-state index in [0.29, 0.717) is 23.9 Å². The lowest BCUT2D eigenvalue weighted by molar-refractivity contribution is -0.142. The molecule has 0 saturated heterocycles. The topological polar surface area (TPSA) is 108 Å². The third-order valence-electron chi connectivity index (χ3n) is 5.29. The van der Waals surface area contributed by atoms with E-state index in [1.807, 2.05) is 30.3 Å². The van der Waals surface area contributed by atoms with E-state index >= 15 is 0 Å². The van der Waals surface area contributed by atoms with Gasteiger partial charge in [0.2, 0.25) is 5.91 Å². The Bertz CT molecular complexity index is 730. The van der Waals surface area contributed by atoms with Gasteiger partial charge in [0.15, 0.2) is 0 Å². The van der Waals surface area contributed by atoms with Crippen LogP contribution in [0.2, 0.25) is 0 Å². The molecule has 1 N–H and O–H groups in total. The zero-order chi connectivity index (χ0) is 20.5. The van der Waals surface area contributed by atoms with Gasteiger partial charge in [-0.2, -0.15) is 5.26 Å². The van der Waals surface area contributed by atoms with Gasteiger partial charge in [0.1, 0.15) is 6.42 Å². The number of carbonyl (C=O) groups excluding carboxylic acids is 2. The molecule has 0 atom stereocenters. The van der Waals surface area contributed by atoms with Crippen molar-refractivity contribution in [3.05, 3.63) is 29.8 Å². The van der Waals surface area contributed by atoms with Gasteiger partial charge in [-0.1, -0.05) is 12.1 Å². The molecule has 2 rings (SSSR count).